The number of nitrogens with zero attached hydrogens (tertiary/aromatic N) is 2. The number of hydrogen-bond acceptors (Lipinski definition) is 5. The number of carbonyl (C=O) groups is 2. The van der Waals surface area contributed by atoms with Crippen molar-refractivity contribution in [2.24, 2.45) is 0 Å². The number of ether oxygens (including phenoxy) is 1. The van der Waals surface area contributed by atoms with E-state index in [1.54, 1.807) is 32.0 Å². The molecule has 0 aliphatic rings. The SMILES string of the molecule is CCCNC(=O)[C@H](C)N(Cc1ccc(F)cc1)C(=O)CN(c1cc(C)ccc1OC)S(C)(=O)=O. The van der Waals surface area contributed by atoms with Gasteiger partial charge < -0.3 is 15.0 Å². The summed E-state index contributed by atoms with van der Waals surface area (Å²) in [7, 11) is -2.46. The van der Waals surface area contributed by atoms with Crippen LogP contribution in [0.15, 0.2) is 42.5 Å². The van der Waals surface area contributed by atoms with Gasteiger partial charge in [-0.2, -0.15) is 0 Å². The van der Waals surface area contributed by atoms with Crippen LogP contribution in [0, 0.1) is 12.7 Å². The van der Waals surface area contributed by atoms with Crippen molar-refractivity contribution in [1.82, 2.24) is 10.2 Å². The average Bonchev–Trinajstić information content (AvgIpc) is 2.79. The van der Waals surface area contributed by atoms with E-state index in [9.17, 15) is 22.4 Å². The lowest BCUT2D eigenvalue weighted by atomic mass is 10.1. The van der Waals surface area contributed by atoms with Crippen molar-refractivity contribution in [2.45, 2.75) is 39.8 Å². The standard InChI is InChI=1S/C24H32FN3O5S/c1-6-13-26-24(30)18(3)27(15-19-8-10-20(25)11-9-19)23(29)16-28(34(5,31)32)21-14-17(2)7-12-22(21)33-4/h7-12,14,18H,6,13,15-16H2,1-5H3,(H,26,30)/t18-/m0/s1. The maximum Gasteiger partial charge on any atom is 0.244 e. The molecule has 0 heterocycles. The first kappa shape index (κ1) is 27.1. The lowest BCUT2D eigenvalue weighted by Gasteiger charge is -2.32. The molecular formula is C24H32FN3O5S. The van der Waals surface area contributed by atoms with Gasteiger partial charge >= 0.3 is 0 Å². The normalized spacial score (nSPS) is 12.1. The first-order valence-electron chi connectivity index (χ1n) is 10.9. The molecular weight excluding hydrogens is 461 g/mol. The minimum absolute atomic E-state index is 0.00236. The van der Waals surface area contributed by atoms with E-state index in [4.69, 9.17) is 4.74 Å². The third kappa shape index (κ3) is 7.18. The highest BCUT2D eigenvalue weighted by Gasteiger charge is 2.31. The summed E-state index contributed by atoms with van der Waals surface area (Å²) in [6.45, 7) is 5.19. The predicted octanol–water partition coefficient (Wildman–Crippen LogP) is 2.85. The van der Waals surface area contributed by atoms with Crippen molar-refractivity contribution < 1.29 is 27.1 Å². The molecule has 0 fully saturated rings. The third-order valence-corrected chi connectivity index (χ3v) is 6.39. The number of sulfonamides is 1. The van der Waals surface area contributed by atoms with Gasteiger partial charge in [-0.05, 0) is 55.7 Å². The number of benzene rings is 2. The predicted molar refractivity (Wildman–Crippen MR) is 130 cm³/mol. The number of anilines is 1. The zero-order valence-electron chi connectivity index (χ0n) is 20.2. The molecule has 2 amide bonds. The molecule has 0 unspecified atom stereocenters. The van der Waals surface area contributed by atoms with Crippen molar-refractivity contribution in [3.8, 4) is 5.75 Å². The van der Waals surface area contributed by atoms with Crippen LogP contribution < -0.4 is 14.4 Å². The van der Waals surface area contributed by atoms with Crippen LogP contribution in [-0.2, 0) is 26.2 Å². The molecule has 2 aromatic rings. The lowest BCUT2D eigenvalue weighted by molar-refractivity contribution is -0.139. The number of amides is 2. The molecule has 0 radical (unpaired) electrons. The minimum Gasteiger partial charge on any atom is -0.495 e. The molecule has 0 saturated heterocycles. The molecule has 10 heteroatoms. The summed E-state index contributed by atoms with van der Waals surface area (Å²) in [6.07, 6.45) is 1.73. The fourth-order valence-corrected chi connectivity index (χ4v) is 4.20. The van der Waals surface area contributed by atoms with Crippen molar-refractivity contribution >= 4 is 27.5 Å². The van der Waals surface area contributed by atoms with E-state index < -0.39 is 34.3 Å². The Morgan fingerprint density at radius 2 is 1.79 bits per heavy atom. The third-order valence-electron chi connectivity index (χ3n) is 5.26. The van der Waals surface area contributed by atoms with E-state index in [1.165, 1.54) is 36.3 Å². The molecule has 1 atom stereocenters. The number of halogens is 1. The second-order valence-electron chi connectivity index (χ2n) is 8.06. The molecule has 1 N–H and O–H groups in total. The molecule has 2 rings (SSSR count). The summed E-state index contributed by atoms with van der Waals surface area (Å²) in [6, 6.07) is 9.70. The van der Waals surface area contributed by atoms with Crippen LogP contribution in [0.1, 0.15) is 31.4 Å². The van der Waals surface area contributed by atoms with Crippen molar-refractivity contribution in [2.75, 3.05) is 30.8 Å². The summed E-state index contributed by atoms with van der Waals surface area (Å²) >= 11 is 0. The Bertz CT molecular complexity index is 1110. The largest absolute Gasteiger partial charge is 0.495 e. The number of nitrogens with one attached hydrogen (secondary N) is 1. The Morgan fingerprint density at radius 3 is 2.35 bits per heavy atom. The maximum atomic E-state index is 13.5. The Kier molecular flexibility index (Phi) is 9.43. The van der Waals surface area contributed by atoms with Gasteiger partial charge in [0.15, 0.2) is 0 Å². The fraction of sp³-hybridized carbons (Fsp3) is 0.417. The summed E-state index contributed by atoms with van der Waals surface area (Å²) in [5.74, 6) is -1.08. The van der Waals surface area contributed by atoms with E-state index in [1.807, 2.05) is 6.92 Å². The van der Waals surface area contributed by atoms with Gasteiger partial charge in [-0.15, -0.1) is 0 Å². The van der Waals surface area contributed by atoms with E-state index in [2.05, 4.69) is 5.32 Å². The van der Waals surface area contributed by atoms with Gasteiger partial charge in [0.1, 0.15) is 24.2 Å². The second kappa shape index (κ2) is 11.8. The lowest BCUT2D eigenvalue weighted by Crippen LogP contribution is -2.51. The van der Waals surface area contributed by atoms with Gasteiger partial charge in [0.25, 0.3) is 0 Å². The molecule has 0 spiro atoms. The second-order valence-corrected chi connectivity index (χ2v) is 9.97. The first-order chi connectivity index (χ1) is 16.0. The summed E-state index contributed by atoms with van der Waals surface area (Å²) in [5.41, 5.74) is 1.61. The van der Waals surface area contributed by atoms with Gasteiger partial charge in [0.2, 0.25) is 21.8 Å². The molecule has 0 saturated carbocycles. The molecule has 0 aliphatic carbocycles. The molecule has 186 valence electrons. The smallest absolute Gasteiger partial charge is 0.244 e. The zero-order valence-corrected chi connectivity index (χ0v) is 21.0. The summed E-state index contributed by atoms with van der Waals surface area (Å²) in [5, 5.41) is 2.76. The molecule has 0 aromatic heterocycles. The molecule has 34 heavy (non-hydrogen) atoms. The van der Waals surface area contributed by atoms with Crippen LogP contribution >= 0.6 is 0 Å². The van der Waals surface area contributed by atoms with E-state index in [-0.39, 0.29) is 18.1 Å². The monoisotopic (exact) mass is 493 g/mol. The van der Waals surface area contributed by atoms with E-state index >= 15 is 0 Å². The Balaban J connectivity index is 2.43. The number of methoxy groups -OCH3 is 1. The van der Waals surface area contributed by atoms with Gasteiger partial charge in [-0.25, -0.2) is 12.8 Å². The average molecular weight is 494 g/mol. The highest BCUT2D eigenvalue weighted by molar-refractivity contribution is 7.92. The Labute approximate surface area is 200 Å². The van der Waals surface area contributed by atoms with Crippen LogP contribution in [0.3, 0.4) is 0 Å². The quantitative estimate of drug-likeness (QED) is 0.519. The van der Waals surface area contributed by atoms with Crippen LogP contribution in [0.25, 0.3) is 0 Å². The minimum atomic E-state index is -3.88. The molecule has 8 nitrogen and oxygen atoms in total. The van der Waals surface area contributed by atoms with Crippen molar-refractivity contribution in [1.29, 1.82) is 0 Å². The number of rotatable bonds is 11. The van der Waals surface area contributed by atoms with Crippen molar-refractivity contribution in [3.05, 3.63) is 59.4 Å². The first-order valence-corrected chi connectivity index (χ1v) is 12.8. The Morgan fingerprint density at radius 1 is 1.15 bits per heavy atom. The fourth-order valence-electron chi connectivity index (χ4n) is 3.35. The molecule has 2 aromatic carbocycles. The summed E-state index contributed by atoms with van der Waals surface area (Å²) < 4.78 is 45.0. The Hall–Kier alpha value is -3.14. The van der Waals surface area contributed by atoms with E-state index in [0.29, 0.717) is 17.9 Å². The molecule has 0 bridgehead atoms. The van der Waals surface area contributed by atoms with Crippen LogP contribution in [-0.4, -0.2) is 57.6 Å². The summed E-state index contributed by atoms with van der Waals surface area (Å²) in [4.78, 5) is 27.4. The van der Waals surface area contributed by atoms with Crippen LogP contribution in [0.4, 0.5) is 10.1 Å². The highest BCUT2D eigenvalue weighted by Crippen LogP contribution is 2.31. The number of hydrogen-bond donors (Lipinski definition) is 1. The van der Waals surface area contributed by atoms with Crippen LogP contribution in [0.2, 0.25) is 0 Å². The van der Waals surface area contributed by atoms with E-state index in [0.717, 1.165) is 22.5 Å². The number of aryl methyl sites for hydroxylation is 1. The van der Waals surface area contributed by atoms with Gasteiger partial charge in [0.05, 0.1) is 19.1 Å². The van der Waals surface area contributed by atoms with Gasteiger partial charge in [-0.1, -0.05) is 25.1 Å². The number of carbonyl (C=O) groups excluding carboxylic acids is 2. The zero-order chi connectivity index (χ0) is 25.5. The highest BCUT2D eigenvalue weighted by atomic mass is 32.2. The molecule has 0 aliphatic heterocycles. The van der Waals surface area contributed by atoms with Gasteiger partial charge in [-0.3, -0.25) is 13.9 Å². The van der Waals surface area contributed by atoms with Gasteiger partial charge in [0, 0.05) is 13.1 Å². The van der Waals surface area contributed by atoms with Crippen LogP contribution in [0.5, 0.6) is 5.75 Å². The van der Waals surface area contributed by atoms with Crippen molar-refractivity contribution in [3.63, 3.8) is 0 Å². The topological polar surface area (TPSA) is 96.0 Å². The maximum absolute atomic E-state index is 13.5.